The summed E-state index contributed by atoms with van der Waals surface area (Å²) in [5.41, 5.74) is 1.25. The Morgan fingerprint density at radius 3 is 2.29 bits per heavy atom. The molecule has 1 aromatic carbocycles. The number of halogens is 1. The predicted molar refractivity (Wildman–Crippen MR) is 54.1 cm³/mol. The van der Waals surface area contributed by atoms with E-state index in [1.54, 1.807) is 23.2 Å². The van der Waals surface area contributed by atoms with Crippen molar-refractivity contribution in [3.8, 4) is 0 Å². The summed E-state index contributed by atoms with van der Waals surface area (Å²) in [5.74, 6) is -0.302. The molecule has 0 aromatic heterocycles. The Labute approximate surface area is 82.7 Å². The molecule has 0 aliphatic heterocycles. The Morgan fingerprint density at radius 1 is 1.29 bits per heavy atom. The molecule has 0 amide bonds. The number of rotatable bonds is 3. The first kappa shape index (κ1) is 10.4. The van der Waals surface area contributed by atoms with Crippen molar-refractivity contribution in [1.29, 1.82) is 0 Å². The highest BCUT2D eigenvalue weighted by atomic mass is 19.1. The summed E-state index contributed by atoms with van der Waals surface area (Å²) in [6.45, 7) is 0. The number of allylic oxidation sites excluding steroid dienone is 1. The molecule has 0 spiro atoms. The van der Waals surface area contributed by atoms with E-state index >= 15 is 0 Å². The zero-order valence-corrected chi connectivity index (χ0v) is 8.20. The van der Waals surface area contributed by atoms with E-state index in [1.165, 1.54) is 12.1 Å². The highest BCUT2D eigenvalue weighted by Gasteiger charge is 2.00. The number of hydrogen-bond acceptors (Lipinski definition) is 2. The average molecular weight is 193 g/mol. The fourth-order valence-electron chi connectivity index (χ4n) is 1.09. The number of aldehydes is 1. The van der Waals surface area contributed by atoms with Gasteiger partial charge in [-0.15, -0.1) is 0 Å². The molecule has 0 heterocycles. The van der Waals surface area contributed by atoms with Crippen LogP contribution in [0.5, 0.6) is 0 Å². The van der Waals surface area contributed by atoms with Gasteiger partial charge in [-0.3, -0.25) is 4.79 Å². The second-order valence-corrected chi connectivity index (χ2v) is 3.17. The summed E-state index contributed by atoms with van der Waals surface area (Å²) < 4.78 is 12.6. The Kier molecular flexibility index (Phi) is 3.40. The van der Waals surface area contributed by atoms with E-state index < -0.39 is 0 Å². The molecule has 0 aliphatic carbocycles. The van der Waals surface area contributed by atoms with Crippen molar-refractivity contribution in [3.05, 3.63) is 41.8 Å². The average Bonchev–Trinajstić information content (AvgIpc) is 2.15. The molecule has 0 fully saturated rings. The molecule has 1 aromatic rings. The highest BCUT2D eigenvalue weighted by Crippen LogP contribution is 2.12. The lowest BCUT2D eigenvalue weighted by Crippen LogP contribution is -2.03. The molecule has 2 nitrogen and oxygen atoms in total. The van der Waals surface area contributed by atoms with Crippen molar-refractivity contribution in [2.75, 3.05) is 14.1 Å². The van der Waals surface area contributed by atoms with Crippen LogP contribution in [0, 0.1) is 5.82 Å². The second-order valence-electron chi connectivity index (χ2n) is 3.17. The highest BCUT2D eigenvalue weighted by molar-refractivity contribution is 6.06. The van der Waals surface area contributed by atoms with Crippen LogP contribution in [0.3, 0.4) is 0 Å². The molecule has 0 N–H and O–H groups in total. The molecule has 0 unspecified atom stereocenters. The smallest absolute Gasteiger partial charge is 0.152 e. The largest absolute Gasteiger partial charge is 0.383 e. The van der Waals surface area contributed by atoms with E-state index in [9.17, 15) is 9.18 Å². The Hall–Kier alpha value is -1.64. The maximum Gasteiger partial charge on any atom is 0.152 e. The fraction of sp³-hybridized carbons (Fsp3) is 0.182. The molecule has 74 valence electrons. The van der Waals surface area contributed by atoms with Gasteiger partial charge in [-0.1, -0.05) is 12.1 Å². The fourth-order valence-corrected chi connectivity index (χ4v) is 1.09. The first-order valence-electron chi connectivity index (χ1n) is 4.23. The lowest BCUT2D eigenvalue weighted by Gasteiger charge is -2.07. The molecule has 0 bridgehead atoms. The van der Waals surface area contributed by atoms with Crippen LogP contribution in [0.1, 0.15) is 5.56 Å². The van der Waals surface area contributed by atoms with Gasteiger partial charge in [-0.05, 0) is 17.7 Å². The van der Waals surface area contributed by atoms with Gasteiger partial charge < -0.3 is 4.90 Å². The van der Waals surface area contributed by atoms with Gasteiger partial charge >= 0.3 is 0 Å². The molecule has 3 heteroatoms. The minimum absolute atomic E-state index is 0.302. The molecule has 0 saturated carbocycles. The van der Waals surface area contributed by atoms with E-state index in [-0.39, 0.29) is 5.82 Å². The number of hydrogen-bond donors (Lipinski definition) is 0. The van der Waals surface area contributed by atoms with Crippen molar-refractivity contribution in [3.63, 3.8) is 0 Å². The lowest BCUT2D eigenvalue weighted by molar-refractivity contribution is -0.103. The van der Waals surface area contributed by atoms with Crippen LogP contribution in [-0.4, -0.2) is 25.3 Å². The third-order valence-corrected chi connectivity index (χ3v) is 1.70. The Bertz CT molecular complexity index is 341. The monoisotopic (exact) mass is 193 g/mol. The van der Waals surface area contributed by atoms with Crippen molar-refractivity contribution in [2.24, 2.45) is 0 Å². The molecule has 1 rings (SSSR count). The third-order valence-electron chi connectivity index (χ3n) is 1.70. The lowest BCUT2D eigenvalue weighted by atomic mass is 10.1. The molecule has 0 atom stereocenters. The first-order valence-corrected chi connectivity index (χ1v) is 4.23. The minimum Gasteiger partial charge on any atom is -0.383 e. The molecular formula is C11H12FNO. The number of carbonyl (C=O) groups is 1. The van der Waals surface area contributed by atoms with Gasteiger partial charge in [-0.25, -0.2) is 4.39 Å². The maximum absolute atomic E-state index is 12.6. The summed E-state index contributed by atoms with van der Waals surface area (Å²) >= 11 is 0. The molecule has 0 radical (unpaired) electrons. The number of nitrogens with zero attached hydrogens (tertiary/aromatic N) is 1. The van der Waals surface area contributed by atoms with Crippen LogP contribution in [-0.2, 0) is 4.79 Å². The zero-order valence-electron chi connectivity index (χ0n) is 8.20. The second kappa shape index (κ2) is 4.56. The van der Waals surface area contributed by atoms with Crippen LogP contribution >= 0.6 is 0 Å². The minimum atomic E-state index is -0.302. The summed E-state index contributed by atoms with van der Waals surface area (Å²) in [6.07, 6.45) is 2.45. The topological polar surface area (TPSA) is 20.3 Å². The van der Waals surface area contributed by atoms with Gasteiger partial charge in [0.2, 0.25) is 0 Å². The molecule has 14 heavy (non-hydrogen) atoms. The van der Waals surface area contributed by atoms with Crippen molar-refractivity contribution >= 4 is 11.9 Å². The van der Waals surface area contributed by atoms with Crippen molar-refractivity contribution in [1.82, 2.24) is 4.90 Å². The van der Waals surface area contributed by atoms with Gasteiger partial charge in [0.05, 0.1) is 0 Å². The van der Waals surface area contributed by atoms with Crippen LogP contribution in [0.4, 0.5) is 4.39 Å². The quantitative estimate of drug-likeness (QED) is 0.540. The summed E-state index contributed by atoms with van der Waals surface area (Å²) in [6, 6.07) is 5.84. The number of carbonyl (C=O) groups excluding carboxylic acids is 1. The van der Waals surface area contributed by atoms with Gasteiger partial charge in [-0.2, -0.15) is 0 Å². The number of benzene rings is 1. The molecular weight excluding hydrogens is 181 g/mol. The van der Waals surface area contributed by atoms with Gasteiger partial charge in [0.15, 0.2) is 6.29 Å². The van der Waals surface area contributed by atoms with Gasteiger partial charge in [0, 0.05) is 25.9 Å². The van der Waals surface area contributed by atoms with E-state index in [2.05, 4.69) is 0 Å². The molecule has 0 saturated heterocycles. The van der Waals surface area contributed by atoms with Crippen LogP contribution in [0.2, 0.25) is 0 Å². The standard InChI is InChI=1S/C11H12FNO/c1-13(2)7-10(8-14)9-3-5-11(12)6-4-9/h3-8H,1-2H3/b10-7-. The predicted octanol–water partition coefficient (Wildman–Crippen LogP) is 1.93. The summed E-state index contributed by atoms with van der Waals surface area (Å²) in [7, 11) is 3.65. The maximum atomic E-state index is 12.6. The third kappa shape index (κ3) is 2.69. The van der Waals surface area contributed by atoms with Gasteiger partial charge in [0.1, 0.15) is 5.82 Å². The van der Waals surface area contributed by atoms with Crippen molar-refractivity contribution in [2.45, 2.75) is 0 Å². The van der Waals surface area contributed by atoms with E-state index in [0.717, 1.165) is 11.8 Å². The van der Waals surface area contributed by atoms with Crippen molar-refractivity contribution < 1.29 is 9.18 Å². The van der Waals surface area contributed by atoms with E-state index in [4.69, 9.17) is 0 Å². The SMILES string of the molecule is CN(C)/C=C(/C=O)c1ccc(F)cc1. The van der Waals surface area contributed by atoms with E-state index in [0.29, 0.717) is 5.57 Å². The molecule has 0 aliphatic rings. The normalized spacial score (nSPS) is 11.2. The summed E-state index contributed by atoms with van der Waals surface area (Å²) in [4.78, 5) is 12.5. The van der Waals surface area contributed by atoms with Crippen LogP contribution < -0.4 is 0 Å². The summed E-state index contributed by atoms with van der Waals surface area (Å²) in [5, 5.41) is 0. The zero-order chi connectivity index (χ0) is 10.6. The van der Waals surface area contributed by atoms with E-state index in [1.807, 2.05) is 14.1 Å². The Morgan fingerprint density at radius 2 is 1.86 bits per heavy atom. The first-order chi connectivity index (χ1) is 6.63. The Balaban J connectivity index is 3.01. The van der Waals surface area contributed by atoms with Gasteiger partial charge in [0.25, 0.3) is 0 Å². The van der Waals surface area contributed by atoms with Crippen LogP contribution in [0.25, 0.3) is 5.57 Å². The van der Waals surface area contributed by atoms with Crippen LogP contribution in [0.15, 0.2) is 30.5 Å².